The molecule has 2 nitrogen and oxygen atoms in total. The van der Waals surface area contributed by atoms with Crippen LogP contribution in [0.15, 0.2) is 18.2 Å². The van der Waals surface area contributed by atoms with Crippen molar-refractivity contribution in [3.63, 3.8) is 0 Å². The standard InChI is InChI=1S/C13H16O2/c1-15-9-4-2-8-3-5-10-12(7-13(10)14)11(8)6-9/h2,4,6,10,12-14H,3,5,7H2,1H3. The van der Waals surface area contributed by atoms with Gasteiger partial charge >= 0.3 is 0 Å². The lowest BCUT2D eigenvalue weighted by Gasteiger charge is -2.46. The molecule has 0 spiro atoms. The molecule has 15 heavy (non-hydrogen) atoms. The lowest BCUT2D eigenvalue weighted by molar-refractivity contribution is -0.00828. The number of benzene rings is 1. The van der Waals surface area contributed by atoms with Gasteiger partial charge in [0.15, 0.2) is 0 Å². The molecule has 1 aromatic carbocycles. The Kier molecular flexibility index (Phi) is 1.99. The van der Waals surface area contributed by atoms with Gasteiger partial charge in [0, 0.05) is 0 Å². The van der Waals surface area contributed by atoms with E-state index < -0.39 is 0 Å². The van der Waals surface area contributed by atoms with Crippen LogP contribution in [0.1, 0.15) is 29.9 Å². The first-order chi connectivity index (χ1) is 7.29. The van der Waals surface area contributed by atoms with Crippen LogP contribution in [0.25, 0.3) is 0 Å². The highest BCUT2D eigenvalue weighted by Crippen LogP contribution is 2.50. The van der Waals surface area contributed by atoms with E-state index in [9.17, 15) is 5.11 Å². The number of aliphatic hydroxyl groups is 1. The predicted octanol–water partition coefficient (Wildman–Crippen LogP) is 2.11. The predicted molar refractivity (Wildman–Crippen MR) is 58.2 cm³/mol. The molecule has 80 valence electrons. The van der Waals surface area contributed by atoms with Gasteiger partial charge in [0.1, 0.15) is 5.75 Å². The van der Waals surface area contributed by atoms with Crippen LogP contribution in [-0.4, -0.2) is 18.3 Å². The van der Waals surface area contributed by atoms with E-state index in [-0.39, 0.29) is 6.10 Å². The van der Waals surface area contributed by atoms with E-state index in [0.29, 0.717) is 11.8 Å². The first kappa shape index (κ1) is 9.22. The second-order valence-corrected chi connectivity index (χ2v) is 4.68. The molecule has 1 saturated carbocycles. The number of rotatable bonds is 1. The van der Waals surface area contributed by atoms with Crippen molar-refractivity contribution in [2.24, 2.45) is 5.92 Å². The molecule has 3 rings (SSSR count). The number of methoxy groups -OCH3 is 1. The number of fused-ring (bicyclic) bond motifs is 3. The van der Waals surface area contributed by atoms with Crippen molar-refractivity contribution >= 4 is 0 Å². The molecule has 1 aromatic rings. The van der Waals surface area contributed by atoms with Crippen LogP contribution >= 0.6 is 0 Å². The molecular weight excluding hydrogens is 188 g/mol. The molecule has 1 N–H and O–H groups in total. The minimum Gasteiger partial charge on any atom is -0.497 e. The van der Waals surface area contributed by atoms with E-state index >= 15 is 0 Å². The number of ether oxygens (including phenoxy) is 1. The average molecular weight is 204 g/mol. The summed E-state index contributed by atoms with van der Waals surface area (Å²) in [4.78, 5) is 0. The third-order valence-electron chi connectivity index (χ3n) is 4.01. The van der Waals surface area contributed by atoms with E-state index in [1.807, 2.05) is 6.07 Å². The summed E-state index contributed by atoms with van der Waals surface area (Å²) in [5.74, 6) is 2.03. The lowest BCUT2D eigenvalue weighted by Crippen LogP contribution is -2.42. The summed E-state index contributed by atoms with van der Waals surface area (Å²) in [6.07, 6.45) is 3.13. The first-order valence-electron chi connectivity index (χ1n) is 5.64. The molecular formula is C13H16O2. The number of hydrogen-bond acceptors (Lipinski definition) is 2. The summed E-state index contributed by atoms with van der Waals surface area (Å²) in [7, 11) is 1.71. The fraction of sp³-hybridized carbons (Fsp3) is 0.538. The van der Waals surface area contributed by atoms with Crippen LogP contribution in [0.4, 0.5) is 0 Å². The minimum atomic E-state index is -0.0608. The highest BCUT2D eigenvalue weighted by atomic mass is 16.5. The van der Waals surface area contributed by atoms with Crippen molar-refractivity contribution in [1.29, 1.82) is 0 Å². The number of aliphatic hydroxyl groups excluding tert-OH is 1. The van der Waals surface area contributed by atoms with Crippen LogP contribution < -0.4 is 4.74 Å². The van der Waals surface area contributed by atoms with Gasteiger partial charge in [-0.25, -0.2) is 0 Å². The highest BCUT2D eigenvalue weighted by Gasteiger charge is 2.43. The van der Waals surface area contributed by atoms with Crippen LogP contribution in [0, 0.1) is 5.92 Å². The molecule has 2 heteroatoms. The van der Waals surface area contributed by atoms with Crippen molar-refractivity contribution in [3.05, 3.63) is 29.3 Å². The Bertz CT molecular complexity index is 386. The molecule has 0 saturated heterocycles. The highest BCUT2D eigenvalue weighted by molar-refractivity contribution is 5.41. The number of aryl methyl sites for hydroxylation is 1. The summed E-state index contributed by atoms with van der Waals surface area (Å²) in [5, 5.41) is 9.66. The van der Waals surface area contributed by atoms with Gasteiger partial charge in [-0.05, 0) is 54.4 Å². The largest absolute Gasteiger partial charge is 0.497 e. The van der Waals surface area contributed by atoms with E-state index in [2.05, 4.69) is 12.1 Å². The second kappa shape index (κ2) is 3.24. The third-order valence-corrected chi connectivity index (χ3v) is 4.01. The monoisotopic (exact) mass is 204 g/mol. The molecule has 0 radical (unpaired) electrons. The van der Waals surface area contributed by atoms with Crippen LogP contribution in [0.5, 0.6) is 5.75 Å². The van der Waals surface area contributed by atoms with Crippen LogP contribution in [0.2, 0.25) is 0 Å². The van der Waals surface area contributed by atoms with Crippen molar-refractivity contribution in [2.75, 3.05) is 7.11 Å². The summed E-state index contributed by atoms with van der Waals surface area (Å²) in [5.41, 5.74) is 2.86. The van der Waals surface area contributed by atoms with Crippen molar-refractivity contribution in [1.82, 2.24) is 0 Å². The van der Waals surface area contributed by atoms with Crippen molar-refractivity contribution in [2.45, 2.75) is 31.3 Å². The van der Waals surface area contributed by atoms with Gasteiger partial charge in [-0.1, -0.05) is 6.07 Å². The minimum absolute atomic E-state index is 0.0608. The normalized spacial score (nSPS) is 32.5. The fourth-order valence-electron chi connectivity index (χ4n) is 3.03. The van der Waals surface area contributed by atoms with Gasteiger partial charge in [-0.2, -0.15) is 0 Å². The maximum absolute atomic E-state index is 9.66. The van der Waals surface area contributed by atoms with Crippen molar-refractivity contribution < 1.29 is 9.84 Å². The summed E-state index contributed by atoms with van der Waals surface area (Å²) >= 11 is 0. The lowest BCUT2D eigenvalue weighted by atomic mass is 9.61. The zero-order chi connectivity index (χ0) is 10.4. The number of hydrogen-bond donors (Lipinski definition) is 1. The Labute approximate surface area is 89.9 Å². The van der Waals surface area contributed by atoms with E-state index in [4.69, 9.17) is 4.74 Å². The summed E-state index contributed by atoms with van der Waals surface area (Å²) in [6.45, 7) is 0. The zero-order valence-electron chi connectivity index (χ0n) is 8.94. The molecule has 0 bridgehead atoms. The molecule has 0 amide bonds. The molecule has 0 heterocycles. The van der Waals surface area contributed by atoms with Gasteiger partial charge in [0.05, 0.1) is 13.2 Å². The molecule has 2 aliphatic rings. The van der Waals surface area contributed by atoms with Crippen LogP contribution in [0.3, 0.4) is 0 Å². The van der Waals surface area contributed by atoms with E-state index in [1.54, 1.807) is 7.11 Å². The quantitative estimate of drug-likeness (QED) is 0.759. The maximum atomic E-state index is 9.66. The van der Waals surface area contributed by atoms with Crippen LogP contribution in [-0.2, 0) is 6.42 Å². The summed E-state index contributed by atoms with van der Waals surface area (Å²) < 4.78 is 5.25. The molecule has 3 unspecified atom stereocenters. The van der Waals surface area contributed by atoms with Gasteiger partial charge in [-0.15, -0.1) is 0 Å². The fourth-order valence-corrected chi connectivity index (χ4v) is 3.03. The Morgan fingerprint density at radius 1 is 1.40 bits per heavy atom. The molecule has 0 aromatic heterocycles. The second-order valence-electron chi connectivity index (χ2n) is 4.68. The smallest absolute Gasteiger partial charge is 0.119 e. The first-order valence-corrected chi connectivity index (χ1v) is 5.64. The average Bonchev–Trinajstić information content (AvgIpc) is 2.26. The Balaban J connectivity index is 1.98. The molecule has 1 fully saturated rings. The van der Waals surface area contributed by atoms with Gasteiger partial charge in [-0.3, -0.25) is 0 Å². The van der Waals surface area contributed by atoms with Crippen molar-refractivity contribution in [3.8, 4) is 5.75 Å². The zero-order valence-corrected chi connectivity index (χ0v) is 8.94. The molecule has 0 aliphatic heterocycles. The Hall–Kier alpha value is -1.02. The molecule has 2 aliphatic carbocycles. The van der Waals surface area contributed by atoms with Gasteiger partial charge in [0.2, 0.25) is 0 Å². The SMILES string of the molecule is COc1ccc2c(c1)C1CC(O)C1CC2. The Morgan fingerprint density at radius 2 is 2.27 bits per heavy atom. The third kappa shape index (κ3) is 1.28. The topological polar surface area (TPSA) is 29.5 Å². The maximum Gasteiger partial charge on any atom is 0.119 e. The summed E-state index contributed by atoms with van der Waals surface area (Å²) in [6, 6.07) is 6.36. The van der Waals surface area contributed by atoms with Gasteiger partial charge in [0.25, 0.3) is 0 Å². The Morgan fingerprint density at radius 3 is 3.00 bits per heavy atom. The van der Waals surface area contributed by atoms with E-state index in [1.165, 1.54) is 11.1 Å². The van der Waals surface area contributed by atoms with E-state index in [0.717, 1.165) is 25.0 Å². The molecule has 3 atom stereocenters. The van der Waals surface area contributed by atoms with Gasteiger partial charge < -0.3 is 9.84 Å².